The first-order valence-corrected chi connectivity index (χ1v) is 20.5. The summed E-state index contributed by atoms with van der Waals surface area (Å²) >= 11 is 4.79. The number of esters is 1. The van der Waals surface area contributed by atoms with Crippen LogP contribution in [0.15, 0.2) is 114 Å². The van der Waals surface area contributed by atoms with Crippen LogP contribution >= 0.6 is 34.9 Å². The molecule has 6 rings (SSSR count). The summed E-state index contributed by atoms with van der Waals surface area (Å²) in [5.41, 5.74) is 3.29. The molecule has 1 unspecified atom stereocenters. The number of thioether (sulfide) groups is 2. The summed E-state index contributed by atoms with van der Waals surface area (Å²) in [5, 5.41) is 9.15. The number of hydrogen-bond acceptors (Lipinski definition) is 9. The van der Waals surface area contributed by atoms with Crippen LogP contribution in [-0.2, 0) is 30.4 Å². The number of cyclic esters (lactones) is 1. The van der Waals surface area contributed by atoms with Crippen LogP contribution in [0.4, 0.5) is 0 Å². The maximum atomic E-state index is 13.6. The SMILES string of the molecule is CC(C)C1NC(=O)[C@]2(C)CSC(=N2)c2csc(n2)CNC(=O)C[C@@H](C=CCCCSC(c2ccccc2)(c2ccccc2)c2ccccc2)OC1=O. The predicted octanol–water partition coefficient (Wildman–Crippen LogP) is 7.53. The Bertz CT molecular complexity index is 1800. The van der Waals surface area contributed by atoms with Gasteiger partial charge >= 0.3 is 5.97 Å². The molecule has 4 aromatic rings. The van der Waals surface area contributed by atoms with Crippen molar-refractivity contribution in [3.63, 3.8) is 0 Å². The van der Waals surface area contributed by atoms with E-state index >= 15 is 0 Å². The Morgan fingerprint density at radius 3 is 2.17 bits per heavy atom. The lowest BCUT2D eigenvalue weighted by atomic mass is 9.84. The van der Waals surface area contributed by atoms with Gasteiger partial charge in [0.1, 0.15) is 33.4 Å². The number of nitrogens with zero attached hydrogens (tertiary/aromatic N) is 2. The van der Waals surface area contributed by atoms with Gasteiger partial charge in [-0.25, -0.2) is 9.78 Å². The Morgan fingerprint density at radius 2 is 1.58 bits per heavy atom. The molecular formula is C41H44N4O4S3. The number of amides is 2. The standard InChI is InChI=1S/C41H44N4O4S3/c1-28(2)36-38(47)49-32(24-34(46)42-25-35-43-33(26-50-35)37-45-40(3,27-51-37)39(48)44-36)22-14-7-15-23-52-41(29-16-8-4-9-17-29,30-18-10-5-11-19-30)31-20-12-6-13-21-31/h4-6,8-14,16-22,26,28,32,36H,7,15,23-25,27H2,1-3H3,(H,42,46)(H,44,48)/t32-,36?,40+/m1/s1. The highest BCUT2D eigenvalue weighted by Gasteiger charge is 2.42. The molecule has 3 heterocycles. The average Bonchev–Trinajstić information content (AvgIpc) is 3.81. The third-order valence-corrected chi connectivity index (χ3v) is 12.9. The maximum absolute atomic E-state index is 13.6. The van der Waals surface area contributed by atoms with Crippen molar-refractivity contribution in [3.8, 4) is 0 Å². The van der Waals surface area contributed by atoms with Gasteiger partial charge in [-0.05, 0) is 54.2 Å². The fraction of sp³-hybridized carbons (Fsp3) is 0.341. The third-order valence-electron chi connectivity index (χ3n) is 9.12. The minimum Gasteiger partial charge on any atom is -0.456 e. The van der Waals surface area contributed by atoms with E-state index in [4.69, 9.17) is 9.73 Å². The number of nitrogens with one attached hydrogen (secondary N) is 2. The molecule has 3 atom stereocenters. The molecule has 8 nitrogen and oxygen atoms in total. The maximum Gasteiger partial charge on any atom is 0.329 e. The Balaban J connectivity index is 1.18. The molecule has 0 fully saturated rings. The van der Waals surface area contributed by atoms with E-state index in [1.165, 1.54) is 39.8 Å². The topological polar surface area (TPSA) is 110 Å². The van der Waals surface area contributed by atoms with E-state index in [2.05, 4.69) is 88.4 Å². The largest absolute Gasteiger partial charge is 0.456 e. The van der Waals surface area contributed by atoms with Crippen LogP contribution in [0.5, 0.6) is 0 Å². The molecule has 11 heteroatoms. The number of thiazole rings is 1. The smallest absolute Gasteiger partial charge is 0.329 e. The van der Waals surface area contributed by atoms with Gasteiger partial charge < -0.3 is 15.4 Å². The molecular weight excluding hydrogens is 709 g/mol. The summed E-state index contributed by atoms with van der Waals surface area (Å²) in [6.45, 7) is 5.74. The van der Waals surface area contributed by atoms with Crippen molar-refractivity contribution in [3.05, 3.63) is 136 Å². The summed E-state index contributed by atoms with van der Waals surface area (Å²) < 4.78 is 5.56. The number of unbranched alkanes of at least 4 members (excludes halogenated alkanes) is 1. The van der Waals surface area contributed by atoms with E-state index in [-0.39, 0.29) is 30.7 Å². The molecule has 2 amide bonds. The quantitative estimate of drug-likeness (QED) is 0.0747. The second kappa shape index (κ2) is 17.1. The lowest BCUT2D eigenvalue weighted by Crippen LogP contribution is -2.53. The number of allylic oxidation sites excluding steroid dienone is 1. The first kappa shape index (κ1) is 37.6. The highest BCUT2D eigenvalue weighted by Crippen LogP contribution is 2.48. The first-order valence-electron chi connectivity index (χ1n) is 17.6. The summed E-state index contributed by atoms with van der Waals surface area (Å²) in [7, 11) is 0. The van der Waals surface area contributed by atoms with E-state index < -0.39 is 28.4 Å². The molecule has 0 saturated carbocycles. The fourth-order valence-electron chi connectivity index (χ4n) is 6.27. The molecule has 3 aromatic carbocycles. The van der Waals surface area contributed by atoms with Crippen LogP contribution in [0.3, 0.4) is 0 Å². The average molecular weight is 753 g/mol. The van der Waals surface area contributed by atoms with Gasteiger partial charge in [-0.1, -0.05) is 111 Å². The van der Waals surface area contributed by atoms with E-state index in [9.17, 15) is 14.4 Å². The molecule has 2 aliphatic heterocycles. The van der Waals surface area contributed by atoms with Gasteiger partial charge in [0.05, 0.1) is 17.7 Å². The van der Waals surface area contributed by atoms with Crippen LogP contribution in [0, 0.1) is 5.92 Å². The molecule has 0 aliphatic carbocycles. The zero-order valence-electron chi connectivity index (χ0n) is 29.6. The van der Waals surface area contributed by atoms with Crippen molar-refractivity contribution in [1.82, 2.24) is 15.6 Å². The fourth-order valence-corrected chi connectivity index (χ4v) is 9.72. The van der Waals surface area contributed by atoms with Crippen LogP contribution in [0.1, 0.15) is 67.4 Å². The second-order valence-electron chi connectivity index (χ2n) is 13.5. The number of carbonyl (C=O) groups is 3. The lowest BCUT2D eigenvalue weighted by Gasteiger charge is -2.35. The van der Waals surface area contributed by atoms with E-state index in [1.807, 2.05) is 55.3 Å². The lowest BCUT2D eigenvalue weighted by molar-refractivity contribution is -0.153. The number of carbonyl (C=O) groups excluding carboxylic acids is 3. The van der Waals surface area contributed by atoms with Gasteiger partial charge in [0, 0.05) is 11.1 Å². The van der Waals surface area contributed by atoms with Crippen molar-refractivity contribution in [1.29, 1.82) is 0 Å². The van der Waals surface area contributed by atoms with Crippen LogP contribution in [-0.4, -0.2) is 57.0 Å². The van der Waals surface area contributed by atoms with Crippen molar-refractivity contribution in [2.45, 2.75) is 69.0 Å². The van der Waals surface area contributed by atoms with Crippen LogP contribution < -0.4 is 10.6 Å². The van der Waals surface area contributed by atoms with E-state index in [1.54, 1.807) is 13.0 Å². The molecule has 1 aromatic heterocycles. The molecule has 270 valence electrons. The highest BCUT2D eigenvalue weighted by atomic mass is 32.2. The highest BCUT2D eigenvalue weighted by molar-refractivity contribution is 8.14. The van der Waals surface area contributed by atoms with Gasteiger partial charge in [-0.15, -0.1) is 34.9 Å². The van der Waals surface area contributed by atoms with Gasteiger partial charge in [-0.2, -0.15) is 0 Å². The second-order valence-corrected chi connectivity index (χ2v) is 16.7. The predicted molar refractivity (Wildman–Crippen MR) is 213 cm³/mol. The molecule has 0 saturated heterocycles. The number of fused-ring (bicyclic) bond motifs is 4. The Kier molecular flexibility index (Phi) is 12.3. The number of benzene rings is 3. The molecule has 0 spiro atoms. The number of aliphatic imine (C=N–C) groups is 1. The Labute approximate surface area is 318 Å². The molecule has 0 radical (unpaired) electrons. The number of aromatic nitrogens is 1. The normalized spacial score (nSPS) is 21.5. The van der Waals surface area contributed by atoms with Gasteiger partial charge in [0.2, 0.25) is 11.8 Å². The Hall–Kier alpha value is -4.19. The zero-order valence-corrected chi connectivity index (χ0v) is 32.1. The summed E-state index contributed by atoms with van der Waals surface area (Å²) in [6.07, 6.45) is 4.52. The zero-order chi connectivity index (χ0) is 36.6. The summed E-state index contributed by atoms with van der Waals surface area (Å²) in [4.78, 5) is 49.6. The first-order chi connectivity index (χ1) is 25.2. The van der Waals surface area contributed by atoms with Crippen molar-refractivity contribution >= 4 is 57.7 Å². The third kappa shape index (κ3) is 8.70. The van der Waals surface area contributed by atoms with Gasteiger partial charge in [0.25, 0.3) is 0 Å². The Morgan fingerprint density at radius 1 is 0.962 bits per heavy atom. The van der Waals surface area contributed by atoms with E-state index in [0.717, 1.165) is 23.6 Å². The molecule has 2 N–H and O–H groups in total. The van der Waals surface area contributed by atoms with Gasteiger partial charge in [-0.3, -0.25) is 14.6 Å². The summed E-state index contributed by atoms with van der Waals surface area (Å²) in [5.74, 6) is -0.129. The molecule has 2 aliphatic rings. The van der Waals surface area contributed by atoms with E-state index in [0.29, 0.717) is 16.5 Å². The minimum absolute atomic E-state index is 0.0482. The van der Waals surface area contributed by atoms with Crippen molar-refractivity contribution in [2.24, 2.45) is 10.9 Å². The number of ether oxygens (including phenoxy) is 1. The number of rotatable bonds is 10. The molecule has 4 bridgehead atoms. The minimum atomic E-state index is -1.04. The summed E-state index contributed by atoms with van der Waals surface area (Å²) in [6, 6.07) is 31.0. The van der Waals surface area contributed by atoms with Crippen LogP contribution in [0.25, 0.3) is 0 Å². The van der Waals surface area contributed by atoms with Gasteiger partial charge in [0.15, 0.2) is 0 Å². The number of hydrogen-bond donors (Lipinski definition) is 2. The molecule has 52 heavy (non-hydrogen) atoms. The monoisotopic (exact) mass is 752 g/mol. The van der Waals surface area contributed by atoms with Crippen molar-refractivity contribution < 1.29 is 19.1 Å². The van der Waals surface area contributed by atoms with Crippen molar-refractivity contribution in [2.75, 3.05) is 11.5 Å². The van der Waals surface area contributed by atoms with Crippen LogP contribution in [0.2, 0.25) is 0 Å².